The Morgan fingerprint density at radius 2 is 1.76 bits per heavy atom. The van der Waals surface area contributed by atoms with Gasteiger partial charge in [-0.3, -0.25) is 4.79 Å². The molecule has 1 aliphatic rings. The average molecular weight is 467 g/mol. The lowest BCUT2D eigenvalue weighted by Crippen LogP contribution is -2.39. The summed E-state index contributed by atoms with van der Waals surface area (Å²) in [5, 5.41) is 2.64. The maximum atomic E-state index is 12.5. The predicted molar refractivity (Wildman–Crippen MR) is 122 cm³/mol. The van der Waals surface area contributed by atoms with Crippen LogP contribution < -0.4 is 14.8 Å². The minimum Gasteiger partial charge on any atom is -0.485 e. The number of carbonyl (C=O) groups excluding carboxylic acids is 3. The zero-order valence-electron chi connectivity index (χ0n) is 17.7. The first kappa shape index (κ1) is 22.3. The fraction of sp³-hybridized carbons (Fsp3) is 0.208. The molecule has 0 fully saturated rings. The fourth-order valence-electron chi connectivity index (χ4n) is 3.13. The van der Waals surface area contributed by atoms with E-state index in [9.17, 15) is 14.4 Å². The quantitative estimate of drug-likeness (QED) is 0.526. The van der Waals surface area contributed by atoms with Crippen molar-refractivity contribution in [3.05, 3.63) is 65.5 Å². The summed E-state index contributed by atoms with van der Waals surface area (Å²) < 4.78 is 21.3. The molecule has 0 radical (unpaired) electrons. The summed E-state index contributed by atoms with van der Waals surface area (Å²) in [6.45, 7) is 1.35. The number of para-hydroxylation sites is 2. The molecule has 8 nitrogen and oxygen atoms in total. The molecule has 1 aromatic heterocycles. The smallest absolute Gasteiger partial charge is 0.351 e. The van der Waals surface area contributed by atoms with Gasteiger partial charge in [0.15, 0.2) is 18.1 Å². The first-order valence-electron chi connectivity index (χ1n) is 10.3. The highest BCUT2D eigenvalue weighted by atomic mass is 32.1. The van der Waals surface area contributed by atoms with E-state index in [1.54, 1.807) is 37.3 Å². The van der Waals surface area contributed by atoms with Gasteiger partial charge in [-0.05, 0) is 30.7 Å². The van der Waals surface area contributed by atoms with E-state index in [0.29, 0.717) is 17.2 Å². The lowest BCUT2D eigenvalue weighted by atomic mass is 10.2. The molecule has 4 rings (SSSR count). The van der Waals surface area contributed by atoms with Crippen molar-refractivity contribution >= 4 is 34.9 Å². The SMILES string of the molecule is CCOC(=O)c1sc(-c2ccccc2)cc1NC(=O)COC(=O)C1COc2ccccc2O1. The maximum Gasteiger partial charge on any atom is 0.351 e. The average Bonchev–Trinajstić information content (AvgIpc) is 3.26. The third-order valence-corrected chi connectivity index (χ3v) is 5.81. The molecule has 2 aromatic carbocycles. The number of amides is 1. The molecule has 1 atom stereocenters. The van der Waals surface area contributed by atoms with Gasteiger partial charge in [0.05, 0.1) is 12.3 Å². The molecule has 1 aliphatic heterocycles. The molecule has 0 saturated heterocycles. The van der Waals surface area contributed by atoms with Gasteiger partial charge < -0.3 is 24.3 Å². The van der Waals surface area contributed by atoms with Crippen LogP contribution in [0.1, 0.15) is 16.6 Å². The molecule has 9 heteroatoms. The first-order valence-corrected chi connectivity index (χ1v) is 11.1. The molecule has 3 aromatic rings. The van der Waals surface area contributed by atoms with E-state index in [-0.39, 0.29) is 18.1 Å². The number of thiophene rings is 1. The van der Waals surface area contributed by atoms with Crippen LogP contribution in [0, 0.1) is 0 Å². The van der Waals surface area contributed by atoms with Gasteiger partial charge in [-0.25, -0.2) is 9.59 Å². The Bertz CT molecular complexity index is 1160. The van der Waals surface area contributed by atoms with Crippen LogP contribution in [-0.2, 0) is 19.1 Å². The van der Waals surface area contributed by atoms with Crippen molar-refractivity contribution in [3.8, 4) is 21.9 Å². The van der Waals surface area contributed by atoms with Crippen molar-refractivity contribution in [2.45, 2.75) is 13.0 Å². The third-order valence-electron chi connectivity index (χ3n) is 4.64. The number of nitrogens with one attached hydrogen (secondary N) is 1. The molecule has 2 heterocycles. The Hall–Kier alpha value is -3.85. The van der Waals surface area contributed by atoms with Crippen molar-refractivity contribution in [1.29, 1.82) is 0 Å². The molecular weight excluding hydrogens is 446 g/mol. The summed E-state index contributed by atoms with van der Waals surface area (Å²) in [7, 11) is 0. The van der Waals surface area contributed by atoms with Crippen LogP contribution >= 0.6 is 11.3 Å². The molecule has 1 amide bonds. The topological polar surface area (TPSA) is 100 Å². The zero-order valence-corrected chi connectivity index (χ0v) is 18.6. The Labute approximate surface area is 194 Å². The standard InChI is InChI=1S/C24H21NO7S/c1-2-29-24(28)22-16(12-20(33-22)15-8-4-3-5-9-15)25-21(26)14-31-23(27)19-13-30-17-10-6-7-11-18(17)32-19/h3-12,19H,2,13-14H2,1H3,(H,25,26). The number of benzene rings is 2. The Morgan fingerprint density at radius 1 is 1.03 bits per heavy atom. The Morgan fingerprint density at radius 3 is 2.52 bits per heavy atom. The summed E-state index contributed by atoms with van der Waals surface area (Å²) in [6.07, 6.45) is -0.978. The number of fused-ring (bicyclic) bond motifs is 1. The minimum atomic E-state index is -0.978. The Balaban J connectivity index is 1.40. The lowest BCUT2D eigenvalue weighted by Gasteiger charge is -2.24. The van der Waals surface area contributed by atoms with Crippen LogP contribution in [0.25, 0.3) is 10.4 Å². The van der Waals surface area contributed by atoms with E-state index in [4.69, 9.17) is 18.9 Å². The number of hydrogen-bond donors (Lipinski definition) is 1. The molecule has 1 N–H and O–H groups in total. The summed E-state index contributed by atoms with van der Waals surface area (Å²) >= 11 is 1.21. The second-order valence-corrected chi connectivity index (χ2v) is 8.01. The first-order chi connectivity index (χ1) is 16.0. The predicted octanol–water partition coefficient (Wildman–Crippen LogP) is 3.91. The number of esters is 2. The summed E-state index contributed by atoms with van der Waals surface area (Å²) in [4.78, 5) is 38.2. The van der Waals surface area contributed by atoms with Crippen molar-refractivity contribution in [1.82, 2.24) is 0 Å². The highest BCUT2D eigenvalue weighted by Gasteiger charge is 2.29. The normalized spacial score (nSPS) is 14.3. The molecule has 0 spiro atoms. The number of rotatable bonds is 7. The number of hydrogen-bond acceptors (Lipinski definition) is 8. The van der Waals surface area contributed by atoms with E-state index < -0.39 is 30.6 Å². The van der Waals surface area contributed by atoms with Crippen molar-refractivity contribution < 1.29 is 33.3 Å². The van der Waals surface area contributed by atoms with Crippen LogP contribution in [0.4, 0.5) is 5.69 Å². The lowest BCUT2D eigenvalue weighted by molar-refractivity contribution is -0.156. The van der Waals surface area contributed by atoms with Crippen LogP contribution in [-0.4, -0.2) is 43.8 Å². The second kappa shape index (κ2) is 10.2. The third kappa shape index (κ3) is 5.32. The second-order valence-electron chi connectivity index (χ2n) is 6.96. The van der Waals surface area contributed by atoms with E-state index in [1.165, 1.54) is 11.3 Å². The van der Waals surface area contributed by atoms with E-state index in [0.717, 1.165) is 10.4 Å². The van der Waals surface area contributed by atoms with Crippen LogP contribution in [0.5, 0.6) is 11.5 Å². The minimum absolute atomic E-state index is 0.0184. The zero-order chi connectivity index (χ0) is 23.2. The van der Waals surface area contributed by atoms with Gasteiger partial charge in [-0.1, -0.05) is 42.5 Å². The van der Waals surface area contributed by atoms with Crippen LogP contribution in [0.15, 0.2) is 60.7 Å². The molecule has 1 unspecified atom stereocenters. The van der Waals surface area contributed by atoms with Gasteiger partial charge in [0, 0.05) is 4.88 Å². The number of anilines is 1. The highest BCUT2D eigenvalue weighted by molar-refractivity contribution is 7.18. The molecule has 170 valence electrons. The van der Waals surface area contributed by atoms with Crippen molar-refractivity contribution in [3.63, 3.8) is 0 Å². The fourth-order valence-corrected chi connectivity index (χ4v) is 4.14. The van der Waals surface area contributed by atoms with Gasteiger partial charge in [0.1, 0.15) is 11.5 Å². The number of ether oxygens (including phenoxy) is 4. The van der Waals surface area contributed by atoms with Gasteiger partial charge in [-0.15, -0.1) is 11.3 Å². The molecule has 0 aliphatic carbocycles. The van der Waals surface area contributed by atoms with Crippen LogP contribution in [0.2, 0.25) is 0 Å². The largest absolute Gasteiger partial charge is 0.485 e. The van der Waals surface area contributed by atoms with Gasteiger partial charge in [-0.2, -0.15) is 0 Å². The monoisotopic (exact) mass is 467 g/mol. The van der Waals surface area contributed by atoms with Crippen LogP contribution in [0.3, 0.4) is 0 Å². The maximum absolute atomic E-state index is 12.5. The van der Waals surface area contributed by atoms with Gasteiger partial charge >= 0.3 is 11.9 Å². The summed E-state index contributed by atoms with van der Waals surface area (Å²) in [5.74, 6) is -0.884. The summed E-state index contributed by atoms with van der Waals surface area (Å²) in [5.41, 5.74) is 1.19. The van der Waals surface area contributed by atoms with E-state index in [2.05, 4.69) is 5.32 Å². The highest BCUT2D eigenvalue weighted by Crippen LogP contribution is 2.35. The Kier molecular flexibility index (Phi) is 6.89. The molecule has 0 saturated carbocycles. The number of carbonyl (C=O) groups is 3. The van der Waals surface area contributed by atoms with Crippen molar-refractivity contribution in [2.75, 3.05) is 25.1 Å². The van der Waals surface area contributed by atoms with Crippen molar-refractivity contribution in [2.24, 2.45) is 0 Å². The molecule has 33 heavy (non-hydrogen) atoms. The summed E-state index contributed by atoms with van der Waals surface area (Å²) in [6, 6.07) is 18.1. The van der Waals surface area contributed by atoms with Gasteiger partial charge in [0.25, 0.3) is 5.91 Å². The van der Waals surface area contributed by atoms with Gasteiger partial charge in [0.2, 0.25) is 6.10 Å². The molecule has 0 bridgehead atoms. The van der Waals surface area contributed by atoms with E-state index >= 15 is 0 Å². The molecular formula is C24H21NO7S. The van der Waals surface area contributed by atoms with E-state index in [1.807, 2.05) is 30.3 Å².